The molecule has 3 rings (SSSR count). The molecule has 3 aromatic rings. The molecule has 1 N–H and O–H groups in total. The number of nitrogens with zero attached hydrogens (tertiary/aromatic N) is 2. The highest BCUT2D eigenvalue weighted by Crippen LogP contribution is 2.30. The number of nitrogens with one attached hydrogen (secondary N) is 1. The molecule has 0 spiro atoms. The van der Waals surface area contributed by atoms with Crippen molar-refractivity contribution >= 4 is 49.7 Å². The summed E-state index contributed by atoms with van der Waals surface area (Å²) in [4.78, 5) is 17.9. The first kappa shape index (κ1) is 22.0. The van der Waals surface area contributed by atoms with Crippen LogP contribution in [0.15, 0.2) is 66.1 Å². The van der Waals surface area contributed by atoms with E-state index in [0.29, 0.717) is 15.8 Å². The summed E-state index contributed by atoms with van der Waals surface area (Å²) in [5.41, 5.74) is 1.38. The average Bonchev–Trinajstić information content (AvgIpc) is 3.03. The van der Waals surface area contributed by atoms with Gasteiger partial charge in [0.1, 0.15) is 0 Å². The van der Waals surface area contributed by atoms with Crippen molar-refractivity contribution in [2.75, 3.05) is 16.2 Å². The van der Waals surface area contributed by atoms with Gasteiger partial charge in [-0.25, -0.2) is 13.4 Å². The van der Waals surface area contributed by atoms with Crippen molar-refractivity contribution in [1.29, 1.82) is 0 Å². The molecule has 156 valence electrons. The lowest BCUT2D eigenvalue weighted by Crippen LogP contribution is -2.31. The topological polar surface area (TPSA) is 79.4 Å². The van der Waals surface area contributed by atoms with E-state index in [2.05, 4.69) is 16.9 Å². The van der Waals surface area contributed by atoms with Gasteiger partial charge in [-0.3, -0.25) is 14.4 Å². The van der Waals surface area contributed by atoms with Crippen LogP contribution in [0.4, 0.5) is 10.8 Å². The van der Waals surface area contributed by atoms with Gasteiger partial charge in [0.15, 0.2) is 5.13 Å². The van der Waals surface area contributed by atoms with Gasteiger partial charge < -0.3 is 0 Å². The molecule has 30 heavy (non-hydrogen) atoms. The Hall–Kier alpha value is -2.68. The number of carbonyl (C=O) groups is 1. The zero-order valence-electron chi connectivity index (χ0n) is 16.4. The Morgan fingerprint density at radius 2 is 1.97 bits per heavy atom. The fourth-order valence-electron chi connectivity index (χ4n) is 2.72. The first-order chi connectivity index (χ1) is 14.2. The van der Waals surface area contributed by atoms with Gasteiger partial charge >= 0.3 is 0 Å². The predicted molar refractivity (Wildman–Crippen MR) is 122 cm³/mol. The molecule has 9 heteroatoms. The Morgan fingerprint density at radius 3 is 2.60 bits per heavy atom. The van der Waals surface area contributed by atoms with Crippen LogP contribution in [0.1, 0.15) is 20.9 Å². The van der Waals surface area contributed by atoms with Crippen LogP contribution < -0.4 is 9.62 Å². The van der Waals surface area contributed by atoms with Crippen molar-refractivity contribution < 1.29 is 13.2 Å². The molecule has 0 saturated carbocycles. The lowest BCUT2D eigenvalue weighted by molar-refractivity contribution is 0.102. The highest BCUT2D eigenvalue weighted by molar-refractivity contribution is 7.92. The smallest absolute Gasteiger partial charge is 0.264 e. The highest BCUT2D eigenvalue weighted by atomic mass is 35.5. The zero-order chi connectivity index (χ0) is 21.9. The van der Waals surface area contributed by atoms with Crippen molar-refractivity contribution in [3.05, 3.63) is 82.3 Å². The lowest BCUT2D eigenvalue weighted by atomic mass is 10.2. The van der Waals surface area contributed by atoms with Crippen LogP contribution in [0.25, 0.3) is 0 Å². The molecule has 1 amide bonds. The van der Waals surface area contributed by atoms with Gasteiger partial charge in [0.2, 0.25) is 0 Å². The number of rotatable bonds is 7. The second kappa shape index (κ2) is 8.99. The molecule has 0 saturated heterocycles. The number of para-hydroxylation sites is 1. The number of carbonyl (C=O) groups excluding carboxylic acids is 1. The molecule has 0 unspecified atom stereocenters. The van der Waals surface area contributed by atoms with E-state index in [1.54, 1.807) is 30.3 Å². The van der Waals surface area contributed by atoms with Crippen LogP contribution >= 0.6 is 22.9 Å². The summed E-state index contributed by atoms with van der Waals surface area (Å²) in [5.74, 6) is -0.436. The molecule has 0 bridgehead atoms. The second-order valence-corrected chi connectivity index (χ2v) is 9.89. The van der Waals surface area contributed by atoms with Crippen LogP contribution in [-0.4, -0.2) is 25.9 Å². The number of anilines is 2. The summed E-state index contributed by atoms with van der Waals surface area (Å²) in [6.07, 6.45) is 1.48. The van der Waals surface area contributed by atoms with Crippen molar-refractivity contribution in [2.45, 2.75) is 18.7 Å². The first-order valence-corrected chi connectivity index (χ1v) is 11.6. The van der Waals surface area contributed by atoms with E-state index in [4.69, 9.17) is 11.6 Å². The fraction of sp³-hybridized carbons (Fsp3) is 0.143. The van der Waals surface area contributed by atoms with Crippen molar-refractivity contribution in [3.8, 4) is 0 Å². The van der Waals surface area contributed by atoms with E-state index >= 15 is 0 Å². The van der Waals surface area contributed by atoms with E-state index in [1.807, 2.05) is 13.8 Å². The molecular weight excluding hydrogens is 442 g/mol. The predicted octanol–water partition coefficient (Wildman–Crippen LogP) is 5.05. The van der Waals surface area contributed by atoms with E-state index in [1.165, 1.54) is 35.6 Å². The molecule has 1 heterocycles. The van der Waals surface area contributed by atoms with Gasteiger partial charge in [0, 0.05) is 10.4 Å². The average molecular weight is 462 g/mol. The molecular formula is C21H20ClN3O3S2. The zero-order valence-corrected chi connectivity index (χ0v) is 18.8. The maximum atomic E-state index is 13.3. The summed E-state index contributed by atoms with van der Waals surface area (Å²) >= 11 is 7.59. The monoisotopic (exact) mass is 461 g/mol. The molecule has 0 aliphatic carbocycles. The van der Waals surface area contributed by atoms with E-state index in [9.17, 15) is 13.2 Å². The Balaban J connectivity index is 1.95. The van der Waals surface area contributed by atoms with Gasteiger partial charge in [-0.1, -0.05) is 35.9 Å². The molecule has 0 radical (unpaired) electrons. The Labute approximate surface area is 184 Å². The van der Waals surface area contributed by atoms with Crippen LogP contribution in [0.2, 0.25) is 5.02 Å². The fourth-order valence-corrected chi connectivity index (χ4v) is 5.32. The van der Waals surface area contributed by atoms with Gasteiger partial charge in [-0.15, -0.1) is 17.9 Å². The van der Waals surface area contributed by atoms with Crippen LogP contribution in [0, 0.1) is 13.8 Å². The molecule has 1 aromatic heterocycles. The molecule has 0 fully saturated rings. The van der Waals surface area contributed by atoms with Crippen LogP contribution in [0.3, 0.4) is 0 Å². The summed E-state index contributed by atoms with van der Waals surface area (Å²) in [5, 5.41) is 3.48. The number of hydrogen-bond donors (Lipinski definition) is 1. The van der Waals surface area contributed by atoms with E-state index in [-0.39, 0.29) is 17.0 Å². The van der Waals surface area contributed by atoms with Gasteiger partial charge in [-0.2, -0.15) is 0 Å². The third-order valence-corrected chi connectivity index (χ3v) is 7.43. The first-order valence-electron chi connectivity index (χ1n) is 8.97. The second-order valence-electron chi connectivity index (χ2n) is 6.42. The Morgan fingerprint density at radius 1 is 1.23 bits per heavy atom. The molecule has 0 aliphatic rings. The number of thiazole rings is 1. The standard InChI is InChI=1S/C21H20ClN3O3S2/c1-4-12-25(19-11-6-5-10-18(19)22)30(27,28)17-9-7-8-16(13-17)20(26)24-21-23-14(2)15(3)29-21/h4-11,13H,1,12H2,2-3H3,(H,23,24,26). The van der Waals surface area contributed by atoms with Gasteiger partial charge in [0.25, 0.3) is 15.9 Å². The summed E-state index contributed by atoms with van der Waals surface area (Å²) in [7, 11) is -3.99. The lowest BCUT2D eigenvalue weighted by Gasteiger charge is -2.24. The number of aryl methyl sites for hydroxylation is 2. The maximum Gasteiger partial charge on any atom is 0.264 e. The number of sulfonamides is 1. The van der Waals surface area contributed by atoms with Gasteiger partial charge in [0.05, 0.1) is 27.8 Å². The molecule has 0 atom stereocenters. The molecule has 6 nitrogen and oxygen atoms in total. The number of halogens is 1. The van der Waals surface area contributed by atoms with Crippen molar-refractivity contribution in [2.24, 2.45) is 0 Å². The SMILES string of the molecule is C=CCN(c1ccccc1Cl)S(=O)(=O)c1cccc(C(=O)Nc2nc(C)c(C)s2)c1. The minimum Gasteiger partial charge on any atom is -0.298 e. The van der Waals surface area contributed by atoms with Gasteiger partial charge in [-0.05, 0) is 44.2 Å². The largest absolute Gasteiger partial charge is 0.298 e. The van der Waals surface area contributed by atoms with E-state index < -0.39 is 15.9 Å². The normalized spacial score (nSPS) is 11.2. The Bertz CT molecular complexity index is 1190. The molecule has 0 aliphatic heterocycles. The number of aromatic nitrogens is 1. The summed E-state index contributed by atoms with van der Waals surface area (Å²) in [6.45, 7) is 7.45. The third-order valence-electron chi connectivity index (χ3n) is 4.35. The summed E-state index contributed by atoms with van der Waals surface area (Å²) in [6, 6.07) is 12.5. The van der Waals surface area contributed by atoms with Crippen molar-refractivity contribution in [3.63, 3.8) is 0 Å². The highest BCUT2D eigenvalue weighted by Gasteiger charge is 2.26. The number of benzene rings is 2. The maximum absolute atomic E-state index is 13.3. The Kier molecular flexibility index (Phi) is 6.60. The van der Waals surface area contributed by atoms with E-state index in [0.717, 1.165) is 14.9 Å². The minimum absolute atomic E-state index is 0.0246. The molecule has 2 aromatic carbocycles. The summed E-state index contributed by atoms with van der Waals surface area (Å²) < 4.78 is 27.8. The van der Waals surface area contributed by atoms with Crippen molar-refractivity contribution in [1.82, 2.24) is 4.98 Å². The minimum atomic E-state index is -3.99. The quantitative estimate of drug-likeness (QED) is 0.499. The number of amides is 1. The van der Waals surface area contributed by atoms with Crippen LogP contribution in [-0.2, 0) is 10.0 Å². The third kappa shape index (κ3) is 4.56. The number of hydrogen-bond acceptors (Lipinski definition) is 5. The van der Waals surface area contributed by atoms with Crippen LogP contribution in [0.5, 0.6) is 0 Å².